The summed E-state index contributed by atoms with van der Waals surface area (Å²) in [6, 6.07) is 0. The van der Waals surface area contributed by atoms with Crippen LogP contribution in [0.5, 0.6) is 0 Å². The zero-order valence-electron chi connectivity index (χ0n) is 19.5. The van der Waals surface area contributed by atoms with Crippen molar-refractivity contribution in [3.05, 3.63) is 45.6 Å². The Kier molecular flexibility index (Phi) is 11.0. The zero-order valence-corrected chi connectivity index (χ0v) is 19.5. The van der Waals surface area contributed by atoms with Crippen molar-refractivity contribution < 1.29 is 0 Å². The monoisotopic (exact) mass is 382 g/mol. The fraction of sp³-hybridized carbons (Fsp3) is 0.714. The van der Waals surface area contributed by atoms with Crippen LogP contribution in [0.3, 0.4) is 0 Å². The number of unbranched alkanes of at least 4 members (excludes halogenated alkanes) is 10. The Labute approximate surface area is 176 Å². The highest BCUT2D eigenvalue weighted by atomic mass is 14.3. The molecule has 0 heteroatoms. The summed E-state index contributed by atoms with van der Waals surface area (Å²) in [4.78, 5) is 0. The van der Waals surface area contributed by atoms with Gasteiger partial charge in [0.05, 0.1) is 0 Å². The van der Waals surface area contributed by atoms with Gasteiger partial charge in [0.15, 0.2) is 0 Å². The highest BCUT2D eigenvalue weighted by Gasteiger charge is 2.21. The van der Waals surface area contributed by atoms with Gasteiger partial charge in [0.25, 0.3) is 0 Å². The van der Waals surface area contributed by atoms with Crippen LogP contribution in [0.2, 0.25) is 0 Å². The molecule has 0 heterocycles. The molecule has 158 valence electrons. The van der Waals surface area contributed by atoms with E-state index in [2.05, 4.69) is 39.8 Å². The van der Waals surface area contributed by atoms with E-state index >= 15 is 0 Å². The maximum absolute atomic E-state index is 2.57. The smallest absolute Gasteiger partial charge is 0.00610 e. The molecular weight excluding hydrogens is 336 g/mol. The van der Waals surface area contributed by atoms with Crippen LogP contribution in [0.25, 0.3) is 0 Å². The SMILES string of the molecule is CCCCCCCCC1=C(C)CC(C2=C(CCCCCCCC)C=C(C)C2)=C1. The van der Waals surface area contributed by atoms with E-state index in [1.807, 2.05) is 0 Å². The van der Waals surface area contributed by atoms with Crippen LogP contribution in [0.1, 0.15) is 130 Å². The van der Waals surface area contributed by atoms with Crippen molar-refractivity contribution in [2.45, 2.75) is 130 Å². The highest BCUT2D eigenvalue weighted by molar-refractivity contribution is 5.55. The predicted molar refractivity (Wildman–Crippen MR) is 127 cm³/mol. The standard InChI is InChI=1S/C28H46/c1-5-7-9-11-13-15-17-25-22-27(21-24(25)4)28-20-23(3)19-26(28)18-16-14-12-10-8-6-2/h19,22H,5-18,20-21H2,1-4H3. The summed E-state index contributed by atoms with van der Waals surface area (Å²) in [6.45, 7) is 9.30. The number of rotatable bonds is 15. The lowest BCUT2D eigenvalue weighted by atomic mass is 9.95. The van der Waals surface area contributed by atoms with Crippen molar-refractivity contribution >= 4 is 0 Å². The van der Waals surface area contributed by atoms with Crippen LogP contribution in [-0.2, 0) is 0 Å². The normalized spacial score (nSPS) is 17.0. The minimum Gasteiger partial charge on any atom is -0.0686 e. The van der Waals surface area contributed by atoms with Crippen molar-refractivity contribution in [1.82, 2.24) is 0 Å². The van der Waals surface area contributed by atoms with Gasteiger partial charge in [0.2, 0.25) is 0 Å². The van der Waals surface area contributed by atoms with E-state index in [9.17, 15) is 0 Å². The maximum Gasteiger partial charge on any atom is -0.00610 e. The van der Waals surface area contributed by atoms with Crippen LogP contribution in [0.15, 0.2) is 45.6 Å². The maximum atomic E-state index is 2.57. The Morgan fingerprint density at radius 1 is 0.607 bits per heavy atom. The Hall–Kier alpha value is -1.04. The van der Waals surface area contributed by atoms with Gasteiger partial charge in [0, 0.05) is 0 Å². The number of hydrogen-bond acceptors (Lipinski definition) is 0. The fourth-order valence-electron chi connectivity index (χ4n) is 4.83. The molecule has 2 aliphatic carbocycles. The third kappa shape index (κ3) is 7.76. The molecular formula is C28H46. The van der Waals surface area contributed by atoms with Crippen molar-refractivity contribution in [2.24, 2.45) is 0 Å². The quantitative estimate of drug-likeness (QED) is 0.247. The Bertz CT molecular complexity index is 594. The van der Waals surface area contributed by atoms with Gasteiger partial charge in [-0.1, -0.05) is 101 Å². The molecule has 0 aromatic carbocycles. The van der Waals surface area contributed by atoms with E-state index in [4.69, 9.17) is 0 Å². The van der Waals surface area contributed by atoms with Crippen LogP contribution < -0.4 is 0 Å². The minimum atomic E-state index is 1.20. The third-order valence-electron chi connectivity index (χ3n) is 6.60. The first-order valence-electron chi connectivity index (χ1n) is 12.4. The summed E-state index contributed by atoms with van der Waals surface area (Å²) in [7, 11) is 0. The predicted octanol–water partition coefficient (Wildman–Crippen LogP) is 9.78. The Morgan fingerprint density at radius 3 is 1.75 bits per heavy atom. The lowest BCUT2D eigenvalue weighted by Gasteiger charge is -2.10. The molecule has 2 aliphatic rings. The van der Waals surface area contributed by atoms with Gasteiger partial charge in [-0.2, -0.15) is 0 Å². The van der Waals surface area contributed by atoms with Crippen LogP contribution in [0.4, 0.5) is 0 Å². The molecule has 0 amide bonds. The Morgan fingerprint density at radius 2 is 1.14 bits per heavy atom. The molecule has 0 nitrogen and oxygen atoms in total. The molecule has 0 N–H and O–H groups in total. The van der Waals surface area contributed by atoms with E-state index in [1.54, 1.807) is 33.4 Å². The van der Waals surface area contributed by atoms with Crippen molar-refractivity contribution in [3.63, 3.8) is 0 Å². The number of allylic oxidation sites excluding steroid dienone is 8. The lowest BCUT2D eigenvalue weighted by molar-refractivity contribution is 0.607. The molecule has 0 bridgehead atoms. The van der Waals surface area contributed by atoms with Gasteiger partial charge in [-0.25, -0.2) is 0 Å². The third-order valence-corrected chi connectivity index (χ3v) is 6.60. The van der Waals surface area contributed by atoms with Gasteiger partial charge >= 0.3 is 0 Å². The van der Waals surface area contributed by atoms with Crippen molar-refractivity contribution in [1.29, 1.82) is 0 Å². The summed E-state index contributed by atoms with van der Waals surface area (Å²) < 4.78 is 0. The largest absolute Gasteiger partial charge is 0.0686 e. The second kappa shape index (κ2) is 13.2. The van der Waals surface area contributed by atoms with E-state index in [0.717, 1.165) is 0 Å². The van der Waals surface area contributed by atoms with Crippen molar-refractivity contribution in [2.75, 3.05) is 0 Å². The van der Waals surface area contributed by atoms with Crippen LogP contribution >= 0.6 is 0 Å². The number of hydrogen-bond donors (Lipinski definition) is 0. The first kappa shape index (κ1) is 23.2. The highest BCUT2D eigenvalue weighted by Crippen LogP contribution is 2.40. The summed E-state index contributed by atoms with van der Waals surface area (Å²) in [5.74, 6) is 0. The molecule has 2 rings (SSSR count). The molecule has 0 unspecified atom stereocenters. The second-order valence-electron chi connectivity index (χ2n) is 9.36. The molecule has 0 aromatic heterocycles. The van der Waals surface area contributed by atoms with Gasteiger partial charge in [-0.3, -0.25) is 0 Å². The zero-order chi connectivity index (χ0) is 20.2. The average Bonchev–Trinajstić information content (AvgIpc) is 3.23. The second-order valence-corrected chi connectivity index (χ2v) is 9.36. The molecule has 0 saturated carbocycles. The molecule has 0 saturated heterocycles. The van der Waals surface area contributed by atoms with E-state index in [1.165, 1.54) is 103 Å². The molecule has 0 fully saturated rings. The van der Waals surface area contributed by atoms with Crippen LogP contribution in [-0.4, -0.2) is 0 Å². The summed E-state index contributed by atoms with van der Waals surface area (Å²) in [6.07, 6.45) is 26.9. The van der Waals surface area contributed by atoms with Crippen LogP contribution in [0, 0.1) is 0 Å². The molecule has 0 atom stereocenters. The van der Waals surface area contributed by atoms with Gasteiger partial charge in [-0.15, -0.1) is 0 Å². The average molecular weight is 383 g/mol. The van der Waals surface area contributed by atoms with E-state index in [-0.39, 0.29) is 0 Å². The molecule has 0 spiro atoms. The van der Waals surface area contributed by atoms with E-state index in [0.29, 0.717) is 0 Å². The summed E-state index contributed by atoms with van der Waals surface area (Å²) in [5, 5.41) is 0. The van der Waals surface area contributed by atoms with Gasteiger partial charge in [-0.05, 0) is 74.7 Å². The topological polar surface area (TPSA) is 0 Å². The molecule has 0 aliphatic heterocycles. The van der Waals surface area contributed by atoms with Gasteiger partial charge < -0.3 is 0 Å². The fourth-order valence-corrected chi connectivity index (χ4v) is 4.83. The van der Waals surface area contributed by atoms with Crippen molar-refractivity contribution in [3.8, 4) is 0 Å². The molecule has 0 aromatic rings. The van der Waals surface area contributed by atoms with Gasteiger partial charge in [0.1, 0.15) is 0 Å². The lowest BCUT2D eigenvalue weighted by Crippen LogP contribution is -1.91. The minimum absolute atomic E-state index is 1.20. The summed E-state index contributed by atoms with van der Waals surface area (Å²) in [5.41, 5.74) is 9.85. The molecule has 0 radical (unpaired) electrons. The molecule has 28 heavy (non-hydrogen) atoms. The summed E-state index contributed by atoms with van der Waals surface area (Å²) >= 11 is 0. The Balaban J connectivity index is 1.82. The van der Waals surface area contributed by atoms with E-state index < -0.39 is 0 Å². The first-order valence-corrected chi connectivity index (χ1v) is 12.4. The first-order chi connectivity index (χ1) is 13.7.